The molecule has 0 aliphatic carbocycles. The smallest absolute Gasteiger partial charge is 0.230 e. The highest BCUT2D eigenvalue weighted by atomic mass is 32.1. The van der Waals surface area contributed by atoms with Crippen LogP contribution in [-0.2, 0) is 6.61 Å². The van der Waals surface area contributed by atoms with Crippen molar-refractivity contribution in [3.63, 3.8) is 0 Å². The molecule has 20 aromatic rings. The van der Waals surface area contributed by atoms with Crippen LogP contribution < -0.4 is 54.6 Å². The van der Waals surface area contributed by atoms with Gasteiger partial charge in [-0.25, -0.2) is 74.8 Å². The number of hydrogen-bond donors (Lipinski definition) is 4. The van der Waals surface area contributed by atoms with Crippen molar-refractivity contribution in [3.05, 3.63) is 378 Å². The van der Waals surface area contributed by atoms with Crippen LogP contribution in [0.5, 0.6) is 46.0 Å². The number of para-hydroxylation sites is 2. The molecule has 10 aromatic carbocycles. The maximum absolute atomic E-state index is 5.97. The fourth-order valence-corrected chi connectivity index (χ4v) is 16.2. The Hall–Kier alpha value is -16.5. The van der Waals surface area contributed by atoms with Crippen LogP contribution in [0, 0.1) is 20.8 Å². The molecule has 0 saturated heterocycles. The lowest BCUT2D eigenvalue weighted by atomic mass is 10.0. The molecule has 20 rings (SSSR count). The van der Waals surface area contributed by atoms with Gasteiger partial charge in [-0.2, -0.15) is 0 Å². The summed E-state index contributed by atoms with van der Waals surface area (Å²) in [6, 6.07) is 86.8. The first kappa shape index (κ1) is 90.9. The van der Waals surface area contributed by atoms with Crippen LogP contribution in [0.2, 0.25) is 0 Å². The summed E-state index contributed by atoms with van der Waals surface area (Å²) in [7, 11) is 6.83. The zero-order valence-electron chi connectivity index (χ0n) is 73.4. The second kappa shape index (κ2) is 45.7. The first-order valence-electron chi connectivity index (χ1n) is 41.8. The summed E-state index contributed by atoms with van der Waals surface area (Å²) in [5.74, 6) is 8.55. The molecule has 134 heavy (non-hydrogen) atoms. The molecule has 0 unspecified atom stereocenters. The van der Waals surface area contributed by atoms with Crippen molar-refractivity contribution < 1.29 is 28.4 Å². The molecule has 0 bridgehead atoms. The number of benzene rings is 10. The van der Waals surface area contributed by atoms with Crippen LogP contribution >= 0.6 is 56.7 Å². The largest absolute Gasteiger partial charge is 0.497 e. The van der Waals surface area contributed by atoms with Crippen molar-refractivity contribution in [3.8, 4) is 122 Å². The van der Waals surface area contributed by atoms with Gasteiger partial charge in [0.15, 0.2) is 0 Å². The molecule has 4 N–H and O–H groups in total. The van der Waals surface area contributed by atoms with Gasteiger partial charge in [0.1, 0.15) is 106 Å². The molecule has 0 radical (unpaired) electrons. The maximum atomic E-state index is 5.97. The first-order valence-corrected chi connectivity index (χ1v) is 46.2. The number of aryl methyl sites for hydroxylation is 3. The quantitative estimate of drug-likeness (QED) is 0.0372. The summed E-state index contributed by atoms with van der Waals surface area (Å²) in [5.41, 5.74) is 17.5. The number of ether oxygens (including phenoxy) is 6. The standard InChI is InChI=1S/C22H20N4O2S.C21H18N4OS.C20H16N4O2S.C20H16N4OS.C20H16N4S/c1-15-14-24-22(25-20(15)21-23-11-12-29-21)26(2)18-13-17(9-10-19(18)27-3)28-16-7-5-4-6-8-16;1-15-5-2-3-6-16(15)14-26-18-8-4-7-17(13-18)24-21-23-10-9-19(25-21)20-22-11-12-27-20;1-25-18-8-7-15(26-14-5-3-2-4-6-14)13-17(18)24-20-22-10-9-16(23-20)19-21-11-12-27-19;1-25-17-7-5-14(6-8-17)15-3-2-4-16(13-15)23-20-22-10-9-18(24-20)19-21-11-12-26-19;1-14-5-7-15(8-6-14)16-3-2-4-17(13-16)23-20-22-10-9-18(24-20)19-21-11-12-25-19/h4-14H,1-3H3;2-13H,14H2,1H3,(H,23,24,25);2-13H,1H3,(H,22,23,24);2-13H,1H3,(H,22,23,24);2-13H,1H3,(H,22,23,24). The average Bonchev–Trinajstić information content (AvgIpc) is 1.15. The van der Waals surface area contributed by atoms with Crippen LogP contribution in [0.1, 0.15) is 22.3 Å². The van der Waals surface area contributed by atoms with Crippen molar-refractivity contribution in [2.24, 2.45) is 0 Å². The number of anilines is 10. The summed E-state index contributed by atoms with van der Waals surface area (Å²) < 4.78 is 34.0. The van der Waals surface area contributed by atoms with Crippen LogP contribution in [0.3, 0.4) is 0 Å². The molecular weight excluding hydrogens is 1770 g/mol. The molecule has 0 aliphatic heterocycles. The Morgan fingerprint density at radius 2 is 0.724 bits per heavy atom. The molecule has 26 nitrogen and oxygen atoms in total. The second-order valence-corrected chi connectivity index (χ2v) is 33.5. The number of hydrogen-bond acceptors (Lipinski definition) is 31. The summed E-state index contributed by atoms with van der Waals surface area (Å²) in [5, 5.41) is 27.0. The Balaban J connectivity index is 0.000000122. The van der Waals surface area contributed by atoms with Gasteiger partial charge < -0.3 is 54.6 Å². The minimum atomic E-state index is 0.456. The van der Waals surface area contributed by atoms with Crippen LogP contribution in [0.15, 0.2) is 356 Å². The predicted molar refractivity (Wildman–Crippen MR) is 538 cm³/mol. The Morgan fingerprint density at radius 1 is 0.306 bits per heavy atom. The first-order chi connectivity index (χ1) is 65.8. The van der Waals surface area contributed by atoms with Crippen LogP contribution in [-0.4, -0.2) is 103 Å². The van der Waals surface area contributed by atoms with Crippen LogP contribution in [0.4, 0.5) is 58.2 Å². The fourth-order valence-electron chi connectivity index (χ4n) is 13.1. The van der Waals surface area contributed by atoms with E-state index in [0.717, 1.165) is 122 Å². The van der Waals surface area contributed by atoms with Gasteiger partial charge in [0.05, 0.1) is 32.7 Å². The Labute approximate surface area is 794 Å². The van der Waals surface area contributed by atoms with Gasteiger partial charge >= 0.3 is 0 Å². The van der Waals surface area contributed by atoms with E-state index in [2.05, 4.69) is 166 Å². The molecule has 10 aromatic heterocycles. The van der Waals surface area contributed by atoms with Gasteiger partial charge in [0.2, 0.25) is 29.7 Å². The van der Waals surface area contributed by atoms with Crippen molar-refractivity contribution in [2.75, 3.05) is 54.5 Å². The molecule has 31 heteroatoms. The van der Waals surface area contributed by atoms with Gasteiger partial charge in [0.25, 0.3) is 0 Å². The van der Waals surface area contributed by atoms with E-state index in [1.54, 1.807) is 122 Å². The van der Waals surface area contributed by atoms with Gasteiger partial charge in [-0.15, -0.1) is 56.7 Å². The molecule has 0 atom stereocenters. The fraction of sp³-hybridized carbons (Fsp3) is 0.0777. The van der Waals surface area contributed by atoms with E-state index in [0.29, 0.717) is 65.0 Å². The van der Waals surface area contributed by atoms with E-state index < -0.39 is 0 Å². The number of aromatic nitrogens is 15. The third kappa shape index (κ3) is 25.1. The molecule has 10 heterocycles. The molecule has 664 valence electrons. The summed E-state index contributed by atoms with van der Waals surface area (Å²) in [6.45, 7) is 6.69. The SMILES string of the molecule is COc1ccc(-c2cccc(Nc3nccc(-c4nccs4)n3)c2)cc1.COc1ccc(Oc2ccccc2)cc1N(C)c1ncc(C)c(-c2nccs2)n1.COc1ccc(Oc2ccccc2)cc1Nc1nccc(-c2nccs2)n1.Cc1ccc(-c2cccc(Nc3nccc(-c4nccs4)n3)c2)cc1.Cc1ccccc1COc1cccc(Nc2nccc(-c3nccs3)n2)c1. The summed E-state index contributed by atoms with van der Waals surface area (Å²) in [6.07, 6.45) is 17.6. The molecule has 0 aliphatic rings. The van der Waals surface area contributed by atoms with E-state index in [9.17, 15) is 0 Å². The summed E-state index contributed by atoms with van der Waals surface area (Å²) >= 11 is 7.75. The Bertz CT molecular complexity index is 7110. The van der Waals surface area contributed by atoms with E-state index in [1.807, 2.05) is 258 Å². The van der Waals surface area contributed by atoms with Crippen molar-refractivity contribution in [1.82, 2.24) is 74.8 Å². The van der Waals surface area contributed by atoms with E-state index in [-0.39, 0.29) is 0 Å². The van der Waals surface area contributed by atoms with E-state index in [1.165, 1.54) is 33.6 Å². The van der Waals surface area contributed by atoms with E-state index >= 15 is 0 Å². The zero-order valence-corrected chi connectivity index (χ0v) is 77.5. The average molecular weight is 1860 g/mol. The van der Waals surface area contributed by atoms with Gasteiger partial charge in [-0.05, 0) is 181 Å². The third-order valence-electron chi connectivity index (χ3n) is 19.8. The highest BCUT2D eigenvalue weighted by Gasteiger charge is 2.20. The maximum Gasteiger partial charge on any atom is 0.230 e. The summed E-state index contributed by atoms with van der Waals surface area (Å²) in [4.78, 5) is 68.0. The normalized spacial score (nSPS) is 10.5. The Morgan fingerprint density at radius 3 is 1.19 bits per heavy atom. The molecular formula is C103H86N20O6S5. The third-order valence-corrected chi connectivity index (χ3v) is 23.8. The number of methoxy groups -OCH3 is 3. The minimum absolute atomic E-state index is 0.456. The van der Waals surface area contributed by atoms with Crippen molar-refractivity contribution in [1.29, 1.82) is 0 Å². The van der Waals surface area contributed by atoms with Crippen molar-refractivity contribution >= 4 is 115 Å². The Kier molecular flexibility index (Phi) is 31.0. The van der Waals surface area contributed by atoms with E-state index in [4.69, 9.17) is 33.4 Å². The second-order valence-electron chi connectivity index (χ2n) is 29.0. The lowest BCUT2D eigenvalue weighted by Gasteiger charge is -2.21. The highest BCUT2D eigenvalue weighted by molar-refractivity contribution is 7.14. The van der Waals surface area contributed by atoms with Gasteiger partial charge in [-0.1, -0.05) is 133 Å². The number of thiazole rings is 5. The highest BCUT2D eigenvalue weighted by Crippen LogP contribution is 2.40. The molecule has 0 amide bonds. The lowest BCUT2D eigenvalue weighted by Crippen LogP contribution is -2.15. The van der Waals surface area contributed by atoms with Crippen LogP contribution in [0.25, 0.3) is 75.8 Å². The monoisotopic (exact) mass is 1860 g/mol. The molecule has 0 fully saturated rings. The topological polar surface area (TPSA) is 300 Å². The number of rotatable bonds is 27. The van der Waals surface area contributed by atoms with Gasteiger partial charge in [-0.3, -0.25) is 0 Å². The predicted octanol–water partition coefficient (Wildman–Crippen LogP) is 26.2. The molecule has 0 spiro atoms. The molecule has 0 saturated carbocycles. The zero-order chi connectivity index (χ0) is 92.0. The van der Waals surface area contributed by atoms with Gasteiger partial charge in [0, 0.05) is 131 Å². The lowest BCUT2D eigenvalue weighted by molar-refractivity contribution is 0.305. The minimum Gasteiger partial charge on any atom is -0.497 e. The number of nitrogens with zero attached hydrogens (tertiary/aromatic N) is 16. The number of nitrogens with one attached hydrogen (secondary N) is 4. The van der Waals surface area contributed by atoms with Crippen molar-refractivity contribution in [2.45, 2.75) is 27.4 Å².